The van der Waals surface area contributed by atoms with Crippen LogP contribution in [0.25, 0.3) is 0 Å². The van der Waals surface area contributed by atoms with Crippen molar-refractivity contribution in [3.8, 4) is 0 Å². The monoisotopic (exact) mass is 295 g/mol. The number of hydrogen-bond acceptors (Lipinski definition) is 3. The van der Waals surface area contributed by atoms with Crippen LogP contribution in [-0.4, -0.2) is 48.9 Å². The van der Waals surface area contributed by atoms with Crippen LogP contribution in [0.15, 0.2) is 0 Å². The largest absolute Gasteiger partial charge is 0.353 e. The van der Waals surface area contributed by atoms with E-state index in [1.165, 1.54) is 12.8 Å². The van der Waals surface area contributed by atoms with E-state index in [1.807, 2.05) is 11.8 Å². The molecule has 2 N–H and O–H groups in total. The average molecular weight is 295 g/mol. The molecule has 5 heteroatoms. The molecule has 2 saturated heterocycles. The summed E-state index contributed by atoms with van der Waals surface area (Å²) in [6.45, 7) is 5.66. The molecule has 21 heavy (non-hydrogen) atoms. The summed E-state index contributed by atoms with van der Waals surface area (Å²) in [6, 6.07) is 0.254. The summed E-state index contributed by atoms with van der Waals surface area (Å²) in [5.74, 6) is 0.950. The normalized spacial score (nSPS) is 23.9. The van der Waals surface area contributed by atoms with Gasteiger partial charge in [0.05, 0.1) is 0 Å². The summed E-state index contributed by atoms with van der Waals surface area (Å²) in [6.07, 6.45) is 6.31. The lowest BCUT2D eigenvalue weighted by Crippen LogP contribution is -2.47. The van der Waals surface area contributed by atoms with E-state index in [-0.39, 0.29) is 11.9 Å². The second-order valence-corrected chi connectivity index (χ2v) is 6.39. The lowest BCUT2D eigenvalue weighted by Gasteiger charge is -2.33. The molecular formula is C16H29N3O2. The van der Waals surface area contributed by atoms with Gasteiger partial charge in [-0.05, 0) is 51.1 Å². The van der Waals surface area contributed by atoms with Crippen molar-refractivity contribution in [2.75, 3.05) is 26.2 Å². The highest BCUT2D eigenvalue weighted by molar-refractivity contribution is 5.77. The number of rotatable bonds is 5. The Kier molecular flexibility index (Phi) is 6.49. The number of amides is 2. The lowest BCUT2D eigenvalue weighted by atomic mass is 9.95. The Hall–Kier alpha value is -1.10. The maximum Gasteiger partial charge on any atom is 0.222 e. The summed E-state index contributed by atoms with van der Waals surface area (Å²) in [5, 5.41) is 6.44. The van der Waals surface area contributed by atoms with Crippen molar-refractivity contribution >= 4 is 11.8 Å². The van der Waals surface area contributed by atoms with Crippen molar-refractivity contribution in [2.24, 2.45) is 5.92 Å². The van der Waals surface area contributed by atoms with E-state index in [1.54, 1.807) is 0 Å². The summed E-state index contributed by atoms with van der Waals surface area (Å²) in [4.78, 5) is 25.9. The fourth-order valence-electron chi connectivity index (χ4n) is 3.27. The topological polar surface area (TPSA) is 61.4 Å². The Balaban J connectivity index is 1.67. The average Bonchev–Trinajstić information content (AvgIpc) is 2.49. The highest BCUT2D eigenvalue weighted by Crippen LogP contribution is 2.18. The van der Waals surface area contributed by atoms with E-state index in [0.717, 1.165) is 45.4 Å². The third-order valence-electron chi connectivity index (χ3n) is 4.55. The Morgan fingerprint density at radius 3 is 2.62 bits per heavy atom. The Morgan fingerprint density at radius 1 is 1.24 bits per heavy atom. The van der Waals surface area contributed by atoms with Gasteiger partial charge in [-0.3, -0.25) is 9.59 Å². The highest BCUT2D eigenvalue weighted by atomic mass is 16.2. The molecule has 1 atom stereocenters. The van der Waals surface area contributed by atoms with E-state index in [4.69, 9.17) is 0 Å². The minimum absolute atomic E-state index is 0.149. The molecule has 1 unspecified atom stereocenters. The number of carbonyl (C=O) groups excluding carboxylic acids is 2. The minimum atomic E-state index is 0.149. The first-order valence-corrected chi connectivity index (χ1v) is 8.47. The molecule has 0 aromatic carbocycles. The fourth-order valence-corrected chi connectivity index (χ4v) is 3.27. The van der Waals surface area contributed by atoms with Gasteiger partial charge in [-0.1, -0.05) is 6.92 Å². The van der Waals surface area contributed by atoms with Crippen molar-refractivity contribution in [3.05, 3.63) is 0 Å². The maximum absolute atomic E-state index is 12.3. The second-order valence-electron chi connectivity index (χ2n) is 6.39. The molecule has 0 aliphatic carbocycles. The van der Waals surface area contributed by atoms with Gasteiger partial charge in [0.15, 0.2) is 0 Å². The summed E-state index contributed by atoms with van der Waals surface area (Å²) in [7, 11) is 0. The van der Waals surface area contributed by atoms with Crippen LogP contribution < -0.4 is 10.6 Å². The van der Waals surface area contributed by atoms with E-state index in [2.05, 4.69) is 10.6 Å². The highest BCUT2D eigenvalue weighted by Gasteiger charge is 2.25. The predicted molar refractivity (Wildman–Crippen MR) is 82.9 cm³/mol. The Labute approximate surface area is 127 Å². The lowest BCUT2D eigenvalue weighted by molar-refractivity contribution is -0.133. The molecular weight excluding hydrogens is 266 g/mol. The molecule has 0 spiro atoms. The van der Waals surface area contributed by atoms with Crippen LogP contribution in [0.5, 0.6) is 0 Å². The number of piperidine rings is 2. The predicted octanol–water partition coefficient (Wildman–Crippen LogP) is 1.28. The van der Waals surface area contributed by atoms with Crippen molar-refractivity contribution in [1.29, 1.82) is 0 Å². The van der Waals surface area contributed by atoms with Crippen molar-refractivity contribution in [3.63, 3.8) is 0 Å². The van der Waals surface area contributed by atoms with Crippen LogP contribution in [0.2, 0.25) is 0 Å². The molecule has 0 bridgehead atoms. The standard InChI is InChI=1S/C16H29N3O2/c1-2-4-15(20)18-14-6-9-19(10-7-14)16(21)11-13-5-3-8-17-12-13/h13-14,17H,2-12H2,1H3,(H,18,20). The zero-order chi connectivity index (χ0) is 15.1. The molecule has 2 heterocycles. The van der Waals surface area contributed by atoms with Crippen LogP contribution in [0.1, 0.15) is 51.9 Å². The first-order valence-electron chi connectivity index (χ1n) is 8.47. The summed E-state index contributed by atoms with van der Waals surface area (Å²) >= 11 is 0. The Morgan fingerprint density at radius 2 is 2.00 bits per heavy atom. The summed E-state index contributed by atoms with van der Waals surface area (Å²) in [5.41, 5.74) is 0. The van der Waals surface area contributed by atoms with Crippen LogP contribution in [0.4, 0.5) is 0 Å². The third kappa shape index (κ3) is 5.30. The second kappa shape index (κ2) is 8.37. The molecule has 0 saturated carbocycles. The molecule has 5 nitrogen and oxygen atoms in total. The van der Waals surface area contributed by atoms with Gasteiger partial charge in [0.1, 0.15) is 0 Å². The van der Waals surface area contributed by atoms with E-state index in [0.29, 0.717) is 24.7 Å². The van der Waals surface area contributed by atoms with Crippen LogP contribution in [0, 0.1) is 5.92 Å². The molecule has 0 radical (unpaired) electrons. The van der Waals surface area contributed by atoms with Gasteiger partial charge in [0.25, 0.3) is 0 Å². The number of nitrogens with zero attached hydrogens (tertiary/aromatic N) is 1. The molecule has 0 aromatic heterocycles. The first-order chi connectivity index (χ1) is 10.2. The van der Waals surface area contributed by atoms with E-state index in [9.17, 15) is 9.59 Å². The van der Waals surface area contributed by atoms with Crippen LogP contribution in [0.3, 0.4) is 0 Å². The molecule has 2 fully saturated rings. The first kappa shape index (κ1) is 16.3. The van der Waals surface area contributed by atoms with Crippen LogP contribution >= 0.6 is 0 Å². The molecule has 0 aromatic rings. The van der Waals surface area contributed by atoms with Gasteiger partial charge in [-0.15, -0.1) is 0 Å². The van der Waals surface area contributed by atoms with Gasteiger partial charge < -0.3 is 15.5 Å². The van der Waals surface area contributed by atoms with Crippen molar-refractivity contribution in [1.82, 2.24) is 15.5 Å². The van der Waals surface area contributed by atoms with Gasteiger partial charge in [0.2, 0.25) is 11.8 Å². The van der Waals surface area contributed by atoms with Gasteiger partial charge in [0, 0.05) is 32.0 Å². The SMILES string of the molecule is CCCC(=O)NC1CCN(C(=O)CC2CCCNC2)CC1. The van der Waals surface area contributed by atoms with E-state index >= 15 is 0 Å². The van der Waals surface area contributed by atoms with Gasteiger partial charge in [-0.25, -0.2) is 0 Å². The fraction of sp³-hybridized carbons (Fsp3) is 0.875. The number of likely N-dealkylation sites (tertiary alicyclic amines) is 1. The third-order valence-corrected chi connectivity index (χ3v) is 4.55. The van der Waals surface area contributed by atoms with Gasteiger partial charge in [-0.2, -0.15) is 0 Å². The Bertz CT molecular complexity index is 345. The van der Waals surface area contributed by atoms with Crippen LogP contribution in [-0.2, 0) is 9.59 Å². The van der Waals surface area contributed by atoms with Gasteiger partial charge >= 0.3 is 0 Å². The van der Waals surface area contributed by atoms with Crippen molar-refractivity contribution < 1.29 is 9.59 Å². The number of nitrogens with one attached hydrogen (secondary N) is 2. The van der Waals surface area contributed by atoms with Crippen molar-refractivity contribution in [2.45, 2.75) is 57.9 Å². The number of carbonyl (C=O) groups is 2. The number of hydrogen-bond donors (Lipinski definition) is 2. The molecule has 120 valence electrons. The van der Waals surface area contributed by atoms with E-state index < -0.39 is 0 Å². The minimum Gasteiger partial charge on any atom is -0.353 e. The summed E-state index contributed by atoms with van der Waals surface area (Å²) < 4.78 is 0. The molecule has 2 aliphatic heterocycles. The zero-order valence-corrected chi connectivity index (χ0v) is 13.2. The zero-order valence-electron chi connectivity index (χ0n) is 13.2. The maximum atomic E-state index is 12.3. The molecule has 2 aliphatic rings. The molecule has 2 amide bonds. The quantitative estimate of drug-likeness (QED) is 0.803. The smallest absolute Gasteiger partial charge is 0.222 e. The molecule has 2 rings (SSSR count).